The second kappa shape index (κ2) is 4.09. The van der Waals surface area contributed by atoms with Crippen molar-refractivity contribution in [1.29, 1.82) is 0 Å². The molecule has 0 aromatic heterocycles. The van der Waals surface area contributed by atoms with Gasteiger partial charge in [-0.25, -0.2) is 4.79 Å². The quantitative estimate of drug-likeness (QED) is 0.538. The van der Waals surface area contributed by atoms with E-state index in [0.717, 1.165) is 18.4 Å². The molecule has 0 N–H and O–H groups in total. The molecule has 0 heterocycles. The van der Waals surface area contributed by atoms with E-state index in [0.29, 0.717) is 0 Å². The number of rotatable bonds is 3. The number of ether oxygens (including phenoxy) is 1. The predicted molar refractivity (Wildman–Crippen MR) is 54.6 cm³/mol. The number of carbonyl (C=O) groups excluding carboxylic acids is 1. The molecule has 2 heteroatoms. The fraction of sp³-hybridized carbons (Fsp3) is 0.250. The summed E-state index contributed by atoms with van der Waals surface area (Å²) in [5.41, 5.74) is 1.01. The van der Waals surface area contributed by atoms with Crippen LogP contribution >= 0.6 is 0 Å². The molecule has 0 amide bonds. The van der Waals surface area contributed by atoms with Crippen molar-refractivity contribution in [2.24, 2.45) is 0 Å². The Bertz CT molecular complexity index is 337. The lowest BCUT2D eigenvalue weighted by atomic mass is 10.2. The average molecular weight is 188 g/mol. The highest BCUT2D eigenvalue weighted by Crippen LogP contribution is 2.23. The Morgan fingerprint density at radius 2 is 2.00 bits per heavy atom. The van der Waals surface area contributed by atoms with Crippen LogP contribution in [-0.4, -0.2) is 12.1 Å². The van der Waals surface area contributed by atoms with Gasteiger partial charge in [-0.15, -0.1) is 0 Å². The summed E-state index contributed by atoms with van der Waals surface area (Å²) in [6.45, 7) is 0. The van der Waals surface area contributed by atoms with Gasteiger partial charge in [0, 0.05) is 6.08 Å². The molecular formula is C12H12O2. The first-order valence-corrected chi connectivity index (χ1v) is 4.78. The predicted octanol–water partition coefficient (Wildman–Crippen LogP) is 2.41. The van der Waals surface area contributed by atoms with E-state index in [2.05, 4.69) is 0 Å². The Labute approximate surface area is 83.2 Å². The van der Waals surface area contributed by atoms with Crippen LogP contribution in [0.1, 0.15) is 18.4 Å². The molecule has 1 aromatic rings. The average Bonchev–Trinajstić information content (AvgIpc) is 3.00. The van der Waals surface area contributed by atoms with Crippen molar-refractivity contribution < 1.29 is 9.53 Å². The third-order valence-electron chi connectivity index (χ3n) is 2.02. The van der Waals surface area contributed by atoms with Gasteiger partial charge >= 0.3 is 5.97 Å². The van der Waals surface area contributed by atoms with Crippen molar-refractivity contribution in [3.63, 3.8) is 0 Å². The van der Waals surface area contributed by atoms with Gasteiger partial charge in [-0.1, -0.05) is 30.3 Å². The van der Waals surface area contributed by atoms with Gasteiger partial charge in [0.05, 0.1) is 0 Å². The first kappa shape index (κ1) is 9.00. The summed E-state index contributed by atoms with van der Waals surface area (Å²) in [6, 6.07) is 9.71. The molecule has 1 saturated carbocycles. The van der Waals surface area contributed by atoms with Crippen molar-refractivity contribution in [3.05, 3.63) is 42.0 Å². The van der Waals surface area contributed by atoms with Crippen molar-refractivity contribution in [3.8, 4) is 0 Å². The highest BCUT2D eigenvalue weighted by Gasteiger charge is 2.24. The van der Waals surface area contributed by atoms with E-state index in [4.69, 9.17) is 4.74 Å². The van der Waals surface area contributed by atoms with E-state index in [-0.39, 0.29) is 12.1 Å². The first-order valence-electron chi connectivity index (χ1n) is 4.78. The molecule has 14 heavy (non-hydrogen) atoms. The normalized spacial score (nSPS) is 15.7. The van der Waals surface area contributed by atoms with Gasteiger partial charge in [0.25, 0.3) is 0 Å². The summed E-state index contributed by atoms with van der Waals surface area (Å²) >= 11 is 0. The van der Waals surface area contributed by atoms with Gasteiger partial charge in [-0.05, 0) is 24.5 Å². The Kier molecular flexibility index (Phi) is 2.63. The van der Waals surface area contributed by atoms with Crippen molar-refractivity contribution in [2.45, 2.75) is 18.9 Å². The lowest BCUT2D eigenvalue weighted by Crippen LogP contribution is -2.01. The maximum atomic E-state index is 11.2. The highest BCUT2D eigenvalue weighted by atomic mass is 16.5. The molecule has 1 aliphatic rings. The maximum Gasteiger partial charge on any atom is 0.331 e. The number of carbonyl (C=O) groups is 1. The van der Waals surface area contributed by atoms with Gasteiger partial charge in [0.15, 0.2) is 0 Å². The van der Waals surface area contributed by atoms with Gasteiger partial charge in [-0.3, -0.25) is 0 Å². The minimum Gasteiger partial charge on any atom is -0.459 e. The van der Waals surface area contributed by atoms with E-state index in [1.54, 1.807) is 6.08 Å². The minimum absolute atomic E-state index is 0.183. The molecule has 72 valence electrons. The van der Waals surface area contributed by atoms with Gasteiger partial charge in [0.2, 0.25) is 0 Å². The molecule has 2 rings (SSSR count). The van der Waals surface area contributed by atoms with Crippen molar-refractivity contribution in [2.75, 3.05) is 0 Å². The molecule has 0 radical (unpaired) electrons. The second-order valence-corrected chi connectivity index (χ2v) is 3.38. The molecule has 0 spiro atoms. The van der Waals surface area contributed by atoms with Crippen LogP contribution in [0.4, 0.5) is 0 Å². The zero-order chi connectivity index (χ0) is 9.80. The summed E-state index contributed by atoms with van der Waals surface area (Å²) < 4.78 is 5.06. The maximum absolute atomic E-state index is 11.2. The zero-order valence-corrected chi connectivity index (χ0v) is 7.85. The largest absolute Gasteiger partial charge is 0.459 e. The third-order valence-corrected chi connectivity index (χ3v) is 2.02. The molecular weight excluding hydrogens is 176 g/mol. The summed E-state index contributed by atoms with van der Waals surface area (Å²) in [5.74, 6) is -0.239. The van der Waals surface area contributed by atoms with Gasteiger partial charge in [-0.2, -0.15) is 0 Å². The van der Waals surface area contributed by atoms with Crippen LogP contribution in [0, 0.1) is 0 Å². The van der Waals surface area contributed by atoms with Crippen LogP contribution in [0.25, 0.3) is 6.08 Å². The van der Waals surface area contributed by atoms with Crippen molar-refractivity contribution in [1.82, 2.24) is 0 Å². The summed E-state index contributed by atoms with van der Waals surface area (Å²) in [6.07, 6.45) is 5.47. The van der Waals surface area contributed by atoms with Crippen LogP contribution in [-0.2, 0) is 9.53 Å². The Hall–Kier alpha value is -1.57. The van der Waals surface area contributed by atoms with Crippen LogP contribution in [0.2, 0.25) is 0 Å². The Balaban J connectivity index is 1.89. The second-order valence-electron chi connectivity index (χ2n) is 3.38. The van der Waals surface area contributed by atoms with E-state index in [9.17, 15) is 4.79 Å². The minimum atomic E-state index is -0.239. The number of hydrogen-bond acceptors (Lipinski definition) is 2. The van der Waals surface area contributed by atoms with Crippen LogP contribution in [0.15, 0.2) is 36.4 Å². The monoisotopic (exact) mass is 188 g/mol. The van der Waals surface area contributed by atoms with E-state index in [1.165, 1.54) is 6.08 Å². The van der Waals surface area contributed by atoms with Gasteiger partial charge < -0.3 is 4.74 Å². The standard InChI is InChI=1S/C12H12O2/c13-12(14-11-7-8-11)9-6-10-4-2-1-3-5-10/h1-6,9,11H,7-8H2. The molecule has 0 bridgehead atoms. The molecule has 0 atom stereocenters. The SMILES string of the molecule is O=C(C=Cc1ccccc1)OC1CC1. The summed E-state index contributed by atoms with van der Waals surface area (Å²) in [7, 11) is 0. The van der Waals surface area contributed by atoms with E-state index in [1.807, 2.05) is 30.3 Å². The van der Waals surface area contributed by atoms with E-state index >= 15 is 0 Å². The van der Waals surface area contributed by atoms with Crippen LogP contribution in [0.3, 0.4) is 0 Å². The first-order chi connectivity index (χ1) is 6.84. The Morgan fingerprint density at radius 3 is 2.64 bits per heavy atom. The fourth-order valence-electron chi connectivity index (χ4n) is 1.12. The Morgan fingerprint density at radius 1 is 1.29 bits per heavy atom. The lowest BCUT2D eigenvalue weighted by molar-refractivity contribution is -0.138. The molecule has 2 nitrogen and oxygen atoms in total. The van der Waals surface area contributed by atoms with Gasteiger partial charge in [0.1, 0.15) is 6.10 Å². The number of esters is 1. The third kappa shape index (κ3) is 2.73. The van der Waals surface area contributed by atoms with E-state index < -0.39 is 0 Å². The summed E-state index contributed by atoms with van der Waals surface area (Å²) in [4.78, 5) is 11.2. The molecule has 0 saturated heterocycles. The fourth-order valence-corrected chi connectivity index (χ4v) is 1.12. The number of benzene rings is 1. The molecule has 1 fully saturated rings. The van der Waals surface area contributed by atoms with Crippen LogP contribution in [0.5, 0.6) is 0 Å². The molecule has 1 aromatic carbocycles. The topological polar surface area (TPSA) is 26.3 Å². The summed E-state index contributed by atoms with van der Waals surface area (Å²) in [5, 5.41) is 0. The highest BCUT2D eigenvalue weighted by molar-refractivity contribution is 5.87. The molecule has 0 aliphatic heterocycles. The van der Waals surface area contributed by atoms with Crippen LogP contribution < -0.4 is 0 Å². The zero-order valence-electron chi connectivity index (χ0n) is 7.85. The molecule has 0 unspecified atom stereocenters. The lowest BCUT2D eigenvalue weighted by Gasteiger charge is -1.96. The number of hydrogen-bond donors (Lipinski definition) is 0. The van der Waals surface area contributed by atoms with Crippen molar-refractivity contribution >= 4 is 12.0 Å². The molecule has 1 aliphatic carbocycles. The smallest absolute Gasteiger partial charge is 0.331 e.